The molecule has 9 nitrogen and oxygen atoms in total. The fourth-order valence-electron chi connectivity index (χ4n) is 4.79. The lowest BCUT2D eigenvalue weighted by Gasteiger charge is -2.32. The monoisotopic (exact) mass is 478 g/mol. The van der Waals surface area contributed by atoms with E-state index in [0.717, 1.165) is 42.8 Å². The smallest absolute Gasteiger partial charge is 0.260 e. The molecule has 0 N–H and O–H groups in total. The Kier molecular flexibility index (Phi) is 5.43. The van der Waals surface area contributed by atoms with Crippen LogP contribution < -0.4 is 10.3 Å². The number of thiazole rings is 1. The number of para-hydroxylation sites is 1. The van der Waals surface area contributed by atoms with Gasteiger partial charge in [-0.3, -0.25) is 14.0 Å². The number of ether oxygens (including phenoxy) is 1. The van der Waals surface area contributed by atoms with Gasteiger partial charge in [-0.05, 0) is 31.7 Å². The number of pyridine rings is 1. The van der Waals surface area contributed by atoms with Crippen molar-refractivity contribution in [3.05, 3.63) is 46.1 Å². The van der Waals surface area contributed by atoms with Crippen molar-refractivity contribution < 1.29 is 9.53 Å². The Morgan fingerprint density at radius 1 is 1.03 bits per heavy atom. The molecule has 0 saturated carbocycles. The molecule has 6 rings (SSSR count). The number of aromatic nitrogens is 3. The first kappa shape index (κ1) is 21.5. The number of nitrogens with zero attached hydrogens (tertiary/aromatic N) is 6. The number of hydrogen-bond acceptors (Lipinski definition) is 8. The summed E-state index contributed by atoms with van der Waals surface area (Å²) in [5.74, 6) is 0.443. The van der Waals surface area contributed by atoms with Crippen molar-refractivity contribution in [2.75, 3.05) is 64.4 Å². The van der Waals surface area contributed by atoms with Crippen molar-refractivity contribution >= 4 is 49.1 Å². The van der Waals surface area contributed by atoms with E-state index in [1.807, 2.05) is 34.7 Å². The second-order valence-electron chi connectivity index (χ2n) is 8.90. The highest BCUT2D eigenvalue weighted by Gasteiger charge is 2.28. The molecule has 1 amide bonds. The highest BCUT2D eigenvalue weighted by atomic mass is 32.1. The van der Waals surface area contributed by atoms with E-state index in [2.05, 4.69) is 27.0 Å². The van der Waals surface area contributed by atoms with E-state index in [1.165, 1.54) is 11.3 Å². The van der Waals surface area contributed by atoms with Crippen LogP contribution in [0.3, 0.4) is 0 Å². The molecule has 0 bridgehead atoms. The van der Waals surface area contributed by atoms with Crippen molar-refractivity contribution in [1.82, 2.24) is 24.4 Å². The average Bonchev–Trinajstić information content (AvgIpc) is 3.03. The number of rotatable bonds is 2. The Balaban J connectivity index is 1.59. The van der Waals surface area contributed by atoms with Crippen LogP contribution in [0.2, 0.25) is 0 Å². The van der Waals surface area contributed by atoms with Gasteiger partial charge in [0.2, 0.25) is 5.43 Å². The van der Waals surface area contributed by atoms with E-state index in [0.29, 0.717) is 48.0 Å². The van der Waals surface area contributed by atoms with E-state index >= 15 is 0 Å². The second-order valence-corrected chi connectivity index (χ2v) is 9.93. The summed E-state index contributed by atoms with van der Waals surface area (Å²) in [6.45, 7) is 5.66. The van der Waals surface area contributed by atoms with Gasteiger partial charge < -0.3 is 19.4 Å². The van der Waals surface area contributed by atoms with Crippen molar-refractivity contribution in [3.63, 3.8) is 0 Å². The summed E-state index contributed by atoms with van der Waals surface area (Å²) in [6, 6.07) is 9.73. The lowest BCUT2D eigenvalue weighted by molar-refractivity contribution is 0.0742. The number of hydrogen-bond donors (Lipinski definition) is 0. The summed E-state index contributed by atoms with van der Waals surface area (Å²) >= 11 is 1.45. The summed E-state index contributed by atoms with van der Waals surface area (Å²) in [5, 5.41) is 9.46. The van der Waals surface area contributed by atoms with Gasteiger partial charge in [0.25, 0.3) is 5.91 Å². The normalized spacial score (nSPS) is 18.1. The van der Waals surface area contributed by atoms with Crippen molar-refractivity contribution in [1.29, 1.82) is 0 Å². The van der Waals surface area contributed by atoms with Crippen LogP contribution in [0.5, 0.6) is 0 Å². The van der Waals surface area contributed by atoms with E-state index in [4.69, 9.17) is 4.74 Å². The van der Waals surface area contributed by atoms with Crippen molar-refractivity contribution in [2.24, 2.45) is 0 Å². The number of likely N-dealkylation sites (N-methyl/N-ethyl adjacent to an activating group) is 1. The number of carbonyl (C=O) groups is 1. The summed E-state index contributed by atoms with van der Waals surface area (Å²) in [7, 11) is 2.10. The Morgan fingerprint density at radius 3 is 2.71 bits per heavy atom. The number of piperazine rings is 1. The maximum atomic E-state index is 13.9. The Bertz CT molecular complexity index is 1450. The maximum Gasteiger partial charge on any atom is 0.260 e. The van der Waals surface area contributed by atoms with Crippen LogP contribution in [0.25, 0.3) is 26.1 Å². The average molecular weight is 479 g/mol. The molecule has 0 unspecified atom stereocenters. The SMILES string of the molecule is CN1CCN(c2cc3c(=O)c(C(=O)N4CCCOCC4)c4sc5ccccc5n4c3nn2)CC1. The third kappa shape index (κ3) is 3.53. The zero-order valence-corrected chi connectivity index (χ0v) is 19.9. The molecule has 176 valence electrons. The zero-order valence-electron chi connectivity index (χ0n) is 19.1. The summed E-state index contributed by atoms with van der Waals surface area (Å²) in [6.07, 6.45) is 0.759. The quantitative estimate of drug-likeness (QED) is 0.436. The minimum absolute atomic E-state index is 0.216. The molecule has 4 aromatic rings. The molecule has 10 heteroatoms. The van der Waals surface area contributed by atoms with Gasteiger partial charge in [-0.2, -0.15) is 0 Å². The first-order chi connectivity index (χ1) is 16.6. The molecular weight excluding hydrogens is 452 g/mol. The van der Waals surface area contributed by atoms with Crippen LogP contribution in [0.1, 0.15) is 16.8 Å². The molecule has 2 saturated heterocycles. The fraction of sp³-hybridized carbons (Fsp3) is 0.417. The third-order valence-corrected chi connectivity index (χ3v) is 7.87. The number of carbonyl (C=O) groups excluding carboxylic acids is 1. The summed E-state index contributed by atoms with van der Waals surface area (Å²) in [4.78, 5) is 34.4. The molecular formula is C24H26N6O3S. The predicted molar refractivity (Wildman–Crippen MR) is 133 cm³/mol. The van der Waals surface area contributed by atoms with Gasteiger partial charge in [-0.1, -0.05) is 12.1 Å². The Labute approximate surface area is 200 Å². The third-order valence-electron chi connectivity index (χ3n) is 6.73. The van der Waals surface area contributed by atoms with Crippen LogP contribution >= 0.6 is 11.3 Å². The number of fused-ring (bicyclic) bond motifs is 5. The van der Waals surface area contributed by atoms with Gasteiger partial charge in [0.1, 0.15) is 10.4 Å². The maximum absolute atomic E-state index is 13.9. The molecule has 2 aliphatic heterocycles. The van der Waals surface area contributed by atoms with Gasteiger partial charge in [-0.25, -0.2) is 0 Å². The molecule has 2 aliphatic rings. The summed E-state index contributed by atoms with van der Waals surface area (Å²) in [5.41, 5.74) is 1.35. The highest BCUT2D eigenvalue weighted by molar-refractivity contribution is 7.24. The minimum Gasteiger partial charge on any atom is -0.380 e. The number of amides is 1. The molecule has 2 fully saturated rings. The zero-order chi connectivity index (χ0) is 23.2. The molecule has 5 heterocycles. The molecule has 3 aromatic heterocycles. The van der Waals surface area contributed by atoms with Crippen molar-refractivity contribution in [3.8, 4) is 0 Å². The fourth-order valence-corrected chi connectivity index (χ4v) is 5.96. The molecule has 0 radical (unpaired) electrons. The number of anilines is 1. The molecule has 0 spiro atoms. The van der Waals surface area contributed by atoms with Crippen LogP contribution in [0.4, 0.5) is 5.82 Å². The van der Waals surface area contributed by atoms with Crippen LogP contribution in [0, 0.1) is 0 Å². The van der Waals surface area contributed by atoms with Gasteiger partial charge in [0.05, 0.1) is 22.2 Å². The van der Waals surface area contributed by atoms with Crippen LogP contribution in [-0.4, -0.2) is 89.8 Å². The van der Waals surface area contributed by atoms with Gasteiger partial charge in [-0.15, -0.1) is 21.5 Å². The standard InChI is InChI=1S/C24H26N6O3S/c1-27-8-10-28(11-9-27)19-15-16-21(31)20(23(32)29-7-4-13-33-14-12-29)24-30(22(16)26-25-19)17-5-2-3-6-18(17)34-24/h2-3,5-6,15H,4,7-14H2,1H3. The first-order valence-electron chi connectivity index (χ1n) is 11.7. The first-order valence-corrected chi connectivity index (χ1v) is 12.5. The minimum atomic E-state index is -0.276. The lowest BCUT2D eigenvalue weighted by Crippen LogP contribution is -2.45. The van der Waals surface area contributed by atoms with E-state index < -0.39 is 0 Å². The predicted octanol–water partition coefficient (Wildman–Crippen LogP) is 2.07. The van der Waals surface area contributed by atoms with Crippen molar-refractivity contribution in [2.45, 2.75) is 6.42 Å². The van der Waals surface area contributed by atoms with Gasteiger partial charge in [0.15, 0.2) is 11.5 Å². The van der Waals surface area contributed by atoms with Gasteiger partial charge >= 0.3 is 0 Å². The van der Waals surface area contributed by atoms with Gasteiger partial charge in [0, 0.05) is 45.9 Å². The largest absolute Gasteiger partial charge is 0.380 e. The second kappa shape index (κ2) is 8.61. The highest BCUT2D eigenvalue weighted by Crippen LogP contribution is 2.31. The van der Waals surface area contributed by atoms with E-state index in [-0.39, 0.29) is 16.9 Å². The molecule has 0 aliphatic carbocycles. The summed E-state index contributed by atoms with van der Waals surface area (Å²) < 4.78 is 8.46. The topological polar surface area (TPSA) is 83.3 Å². The molecule has 34 heavy (non-hydrogen) atoms. The van der Waals surface area contributed by atoms with E-state index in [9.17, 15) is 9.59 Å². The van der Waals surface area contributed by atoms with E-state index in [1.54, 1.807) is 4.90 Å². The van der Waals surface area contributed by atoms with Crippen LogP contribution in [0.15, 0.2) is 35.1 Å². The van der Waals surface area contributed by atoms with Crippen LogP contribution in [-0.2, 0) is 4.74 Å². The molecule has 0 atom stereocenters. The lowest BCUT2D eigenvalue weighted by atomic mass is 10.1. The Morgan fingerprint density at radius 2 is 1.85 bits per heavy atom. The molecule has 1 aromatic carbocycles. The number of benzene rings is 1. The Hall–Kier alpha value is -3.08.